The lowest BCUT2D eigenvalue weighted by atomic mass is 10.0. The summed E-state index contributed by atoms with van der Waals surface area (Å²) in [4.78, 5) is 21.1. The van der Waals surface area contributed by atoms with E-state index in [2.05, 4.69) is 0 Å². The smallest absolute Gasteiger partial charge is 0.285 e. The van der Waals surface area contributed by atoms with Crippen molar-refractivity contribution >= 4 is 11.6 Å². The number of carbonyl (C=O) groups excluding carboxylic acids is 1. The number of nitrogens with zero attached hydrogens (tertiary/aromatic N) is 1. The third kappa shape index (κ3) is 1.56. The summed E-state index contributed by atoms with van der Waals surface area (Å²) in [6.07, 6.45) is 0. The van der Waals surface area contributed by atoms with Crippen molar-refractivity contribution in [2.45, 2.75) is 13.8 Å². The van der Waals surface area contributed by atoms with E-state index in [1.54, 1.807) is 26.0 Å². The summed E-state index contributed by atoms with van der Waals surface area (Å²) in [7, 11) is 0. The Morgan fingerprint density at radius 2 is 1.86 bits per heavy atom. The van der Waals surface area contributed by atoms with E-state index in [0.29, 0.717) is 11.1 Å². The van der Waals surface area contributed by atoms with Crippen molar-refractivity contribution in [2.75, 3.05) is 0 Å². The number of rotatable bonds is 2. The number of nitro groups is 1. The van der Waals surface area contributed by atoms with Gasteiger partial charge in [0.1, 0.15) is 5.56 Å². The molecule has 0 bridgehead atoms. The quantitative estimate of drug-likeness (QED) is 0.568. The predicted molar refractivity (Wildman–Crippen MR) is 51.1 cm³/mol. The second-order valence-corrected chi connectivity index (χ2v) is 3.04. The molecule has 1 aromatic rings. The lowest BCUT2D eigenvalue weighted by Gasteiger charge is -2.04. The van der Waals surface area contributed by atoms with Crippen LogP contribution in [0.25, 0.3) is 0 Å². The normalized spacial score (nSPS) is 9.86. The highest BCUT2D eigenvalue weighted by atomic mass is 16.6. The van der Waals surface area contributed by atoms with E-state index in [9.17, 15) is 14.9 Å². The molecule has 0 aliphatic rings. The Morgan fingerprint density at radius 3 is 2.21 bits per heavy atom. The first kappa shape index (κ1) is 10.2. The van der Waals surface area contributed by atoms with Crippen molar-refractivity contribution < 1.29 is 9.72 Å². The Bertz CT molecular complexity index is 374. The fourth-order valence-corrected chi connectivity index (χ4v) is 1.34. The molecule has 0 aliphatic carbocycles. The van der Waals surface area contributed by atoms with Gasteiger partial charge in [0, 0.05) is 5.56 Å². The maximum atomic E-state index is 11.0. The fraction of sp³-hybridized carbons (Fsp3) is 0.222. The van der Waals surface area contributed by atoms with Crippen LogP contribution in [-0.2, 0) is 0 Å². The van der Waals surface area contributed by atoms with Crippen LogP contribution < -0.4 is 5.73 Å². The Hall–Kier alpha value is -1.91. The van der Waals surface area contributed by atoms with Crippen molar-refractivity contribution in [1.82, 2.24) is 0 Å². The number of primary amides is 1. The molecule has 5 heteroatoms. The first-order valence-electron chi connectivity index (χ1n) is 3.99. The van der Waals surface area contributed by atoms with Crippen molar-refractivity contribution in [3.05, 3.63) is 38.9 Å². The van der Waals surface area contributed by atoms with Crippen molar-refractivity contribution in [1.29, 1.82) is 0 Å². The lowest BCUT2D eigenvalue weighted by molar-refractivity contribution is -0.385. The van der Waals surface area contributed by atoms with Crippen molar-refractivity contribution in [3.8, 4) is 0 Å². The zero-order chi connectivity index (χ0) is 10.9. The second kappa shape index (κ2) is 3.45. The number of hydrogen-bond donors (Lipinski definition) is 1. The summed E-state index contributed by atoms with van der Waals surface area (Å²) in [5.41, 5.74) is 5.84. The van der Waals surface area contributed by atoms with Crippen molar-refractivity contribution in [2.24, 2.45) is 5.73 Å². The maximum absolute atomic E-state index is 11.0. The van der Waals surface area contributed by atoms with Crippen LogP contribution >= 0.6 is 0 Å². The lowest BCUT2D eigenvalue weighted by Crippen LogP contribution is -2.15. The molecule has 0 saturated heterocycles. The van der Waals surface area contributed by atoms with Crippen LogP contribution in [0, 0.1) is 24.0 Å². The molecule has 14 heavy (non-hydrogen) atoms. The molecule has 1 aromatic carbocycles. The number of hydrogen-bond acceptors (Lipinski definition) is 3. The van der Waals surface area contributed by atoms with Crippen LogP contribution in [0.1, 0.15) is 21.5 Å². The average molecular weight is 194 g/mol. The zero-order valence-corrected chi connectivity index (χ0v) is 7.90. The molecule has 0 aliphatic heterocycles. The van der Waals surface area contributed by atoms with Crippen molar-refractivity contribution in [3.63, 3.8) is 0 Å². The number of nitro benzene ring substituents is 1. The minimum absolute atomic E-state index is 0.00463. The Morgan fingerprint density at radius 1 is 1.36 bits per heavy atom. The van der Waals surface area contributed by atoms with E-state index in [4.69, 9.17) is 5.73 Å². The molecular weight excluding hydrogens is 184 g/mol. The van der Waals surface area contributed by atoms with Gasteiger partial charge in [-0.1, -0.05) is 12.1 Å². The van der Waals surface area contributed by atoms with Crippen LogP contribution in [0.5, 0.6) is 0 Å². The van der Waals surface area contributed by atoms with E-state index in [-0.39, 0.29) is 11.3 Å². The van der Waals surface area contributed by atoms with Gasteiger partial charge in [-0.05, 0) is 19.4 Å². The van der Waals surface area contributed by atoms with Gasteiger partial charge in [-0.25, -0.2) is 0 Å². The van der Waals surface area contributed by atoms with Gasteiger partial charge in [-0.3, -0.25) is 14.9 Å². The van der Waals surface area contributed by atoms with Gasteiger partial charge < -0.3 is 5.73 Å². The van der Waals surface area contributed by atoms with E-state index in [0.717, 1.165) is 0 Å². The molecule has 0 radical (unpaired) electrons. The standard InChI is InChI=1S/C9H10N2O3/c1-5-3-4-6(2)8(11(13)14)7(5)9(10)12/h3-4H,1-2H3,(H2,10,12). The molecule has 0 aromatic heterocycles. The van der Waals surface area contributed by atoms with E-state index in [1.807, 2.05) is 0 Å². The van der Waals surface area contributed by atoms with E-state index in [1.165, 1.54) is 0 Å². The first-order chi connectivity index (χ1) is 6.45. The third-order valence-electron chi connectivity index (χ3n) is 2.02. The summed E-state index contributed by atoms with van der Waals surface area (Å²) < 4.78 is 0. The Balaban J connectivity index is 3.58. The highest BCUT2D eigenvalue weighted by Gasteiger charge is 2.22. The van der Waals surface area contributed by atoms with Crippen LogP contribution in [-0.4, -0.2) is 10.8 Å². The second-order valence-electron chi connectivity index (χ2n) is 3.04. The molecule has 0 saturated carbocycles. The minimum atomic E-state index is -0.766. The SMILES string of the molecule is Cc1ccc(C)c([N+](=O)[O-])c1C(N)=O. The molecule has 0 fully saturated rings. The largest absolute Gasteiger partial charge is 0.365 e. The summed E-state index contributed by atoms with van der Waals surface area (Å²) in [6, 6.07) is 3.24. The Kier molecular flexibility index (Phi) is 2.51. The average Bonchev–Trinajstić information content (AvgIpc) is 2.07. The molecule has 1 amide bonds. The molecular formula is C9H10N2O3. The molecule has 5 nitrogen and oxygen atoms in total. The van der Waals surface area contributed by atoms with Gasteiger partial charge >= 0.3 is 0 Å². The summed E-state index contributed by atoms with van der Waals surface area (Å²) in [5, 5.41) is 10.7. The van der Waals surface area contributed by atoms with Gasteiger partial charge in [0.05, 0.1) is 4.92 Å². The molecule has 74 valence electrons. The summed E-state index contributed by atoms with van der Waals surface area (Å²) in [5.74, 6) is -0.766. The number of aryl methyl sites for hydroxylation is 2. The van der Waals surface area contributed by atoms with Gasteiger partial charge in [-0.15, -0.1) is 0 Å². The van der Waals surface area contributed by atoms with Crippen LogP contribution in [0.2, 0.25) is 0 Å². The first-order valence-corrected chi connectivity index (χ1v) is 3.99. The van der Waals surface area contributed by atoms with E-state index < -0.39 is 10.8 Å². The summed E-state index contributed by atoms with van der Waals surface area (Å²) >= 11 is 0. The molecule has 0 heterocycles. The van der Waals surface area contributed by atoms with E-state index >= 15 is 0 Å². The zero-order valence-electron chi connectivity index (χ0n) is 7.90. The minimum Gasteiger partial charge on any atom is -0.365 e. The highest BCUT2D eigenvalue weighted by Crippen LogP contribution is 2.25. The van der Waals surface area contributed by atoms with Gasteiger partial charge in [0.25, 0.3) is 11.6 Å². The predicted octanol–water partition coefficient (Wildman–Crippen LogP) is 1.31. The van der Waals surface area contributed by atoms with Crippen LogP contribution in [0.4, 0.5) is 5.69 Å². The number of carbonyl (C=O) groups is 1. The molecule has 0 spiro atoms. The molecule has 0 atom stereocenters. The fourth-order valence-electron chi connectivity index (χ4n) is 1.34. The monoisotopic (exact) mass is 194 g/mol. The van der Waals surface area contributed by atoms with Crippen LogP contribution in [0.15, 0.2) is 12.1 Å². The van der Waals surface area contributed by atoms with Gasteiger partial charge in [-0.2, -0.15) is 0 Å². The molecule has 2 N–H and O–H groups in total. The third-order valence-corrected chi connectivity index (χ3v) is 2.02. The topological polar surface area (TPSA) is 86.2 Å². The van der Waals surface area contributed by atoms with Crippen LogP contribution in [0.3, 0.4) is 0 Å². The summed E-state index contributed by atoms with van der Waals surface area (Å²) in [6.45, 7) is 3.19. The Labute approximate surface area is 80.7 Å². The number of benzene rings is 1. The van der Waals surface area contributed by atoms with Gasteiger partial charge in [0.15, 0.2) is 0 Å². The number of nitrogens with two attached hydrogens (primary N) is 1. The molecule has 0 unspecified atom stereocenters. The maximum Gasteiger partial charge on any atom is 0.285 e. The molecule has 1 rings (SSSR count). The van der Waals surface area contributed by atoms with Gasteiger partial charge in [0.2, 0.25) is 0 Å². The highest BCUT2D eigenvalue weighted by molar-refractivity contribution is 5.98. The number of amides is 1.